The molecule has 0 saturated carbocycles. The van der Waals surface area contributed by atoms with E-state index in [2.05, 4.69) is 4.98 Å². The summed E-state index contributed by atoms with van der Waals surface area (Å²) in [5, 5.41) is 0. The number of hydrogen-bond donors (Lipinski definition) is 1. The van der Waals surface area contributed by atoms with Crippen molar-refractivity contribution in [2.45, 2.75) is 6.54 Å². The van der Waals surface area contributed by atoms with E-state index in [-0.39, 0.29) is 5.91 Å². The molecule has 0 aliphatic carbocycles. The van der Waals surface area contributed by atoms with Gasteiger partial charge in [-0.1, -0.05) is 6.07 Å². The van der Waals surface area contributed by atoms with Crippen molar-refractivity contribution in [3.8, 4) is 5.75 Å². The van der Waals surface area contributed by atoms with Crippen LogP contribution in [0.25, 0.3) is 0 Å². The van der Waals surface area contributed by atoms with Crippen LogP contribution in [0, 0.1) is 0 Å². The van der Waals surface area contributed by atoms with Gasteiger partial charge in [-0.3, -0.25) is 9.78 Å². The van der Waals surface area contributed by atoms with Gasteiger partial charge in [-0.25, -0.2) is 0 Å². The summed E-state index contributed by atoms with van der Waals surface area (Å²) in [6.07, 6.45) is 3.23. The average Bonchev–Trinajstić information content (AvgIpc) is 2.54. The molecule has 1 aliphatic rings. The van der Waals surface area contributed by atoms with E-state index < -0.39 is 0 Å². The predicted molar refractivity (Wildman–Crippen MR) is 75.7 cm³/mol. The van der Waals surface area contributed by atoms with Gasteiger partial charge in [0, 0.05) is 18.9 Å². The second-order valence-corrected chi connectivity index (χ2v) is 4.55. The predicted octanol–water partition coefficient (Wildman–Crippen LogP) is 1.58. The van der Waals surface area contributed by atoms with Gasteiger partial charge >= 0.3 is 0 Å². The zero-order valence-electron chi connectivity index (χ0n) is 11.0. The third kappa shape index (κ3) is 2.23. The van der Waals surface area contributed by atoms with Crippen LogP contribution in [-0.4, -0.2) is 24.0 Å². The lowest BCUT2D eigenvalue weighted by Crippen LogP contribution is -2.38. The van der Waals surface area contributed by atoms with Gasteiger partial charge in [-0.2, -0.15) is 0 Å². The largest absolute Gasteiger partial charge is 0.490 e. The van der Waals surface area contributed by atoms with Crippen LogP contribution in [0.1, 0.15) is 15.9 Å². The Kier molecular flexibility index (Phi) is 3.35. The van der Waals surface area contributed by atoms with E-state index in [0.717, 1.165) is 11.3 Å². The zero-order chi connectivity index (χ0) is 13.9. The maximum atomic E-state index is 12.5. The maximum absolute atomic E-state index is 12.5. The minimum atomic E-state index is -0.0665. The van der Waals surface area contributed by atoms with Crippen molar-refractivity contribution < 1.29 is 9.53 Å². The van der Waals surface area contributed by atoms with E-state index >= 15 is 0 Å². The van der Waals surface area contributed by atoms with Crippen molar-refractivity contribution in [3.05, 3.63) is 53.9 Å². The van der Waals surface area contributed by atoms with Crippen LogP contribution in [0.3, 0.4) is 0 Å². The molecular formula is C15H15N3O2. The lowest BCUT2D eigenvalue weighted by molar-refractivity contribution is 0.0976. The van der Waals surface area contributed by atoms with Crippen molar-refractivity contribution >= 4 is 11.6 Å². The first-order valence-electron chi connectivity index (χ1n) is 6.47. The number of hydrogen-bond acceptors (Lipinski definition) is 4. The van der Waals surface area contributed by atoms with Crippen molar-refractivity contribution in [3.63, 3.8) is 0 Å². The fourth-order valence-electron chi connectivity index (χ4n) is 2.25. The molecular weight excluding hydrogens is 254 g/mol. The minimum absolute atomic E-state index is 0.0665. The Labute approximate surface area is 117 Å². The molecule has 0 bridgehead atoms. The van der Waals surface area contributed by atoms with E-state index in [0.29, 0.717) is 31.0 Å². The summed E-state index contributed by atoms with van der Waals surface area (Å²) in [7, 11) is 0. The van der Waals surface area contributed by atoms with Crippen LogP contribution in [0.2, 0.25) is 0 Å². The average molecular weight is 269 g/mol. The first-order valence-corrected chi connectivity index (χ1v) is 6.47. The summed E-state index contributed by atoms with van der Waals surface area (Å²) in [5.41, 5.74) is 7.96. The highest BCUT2D eigenvalue weighted by molar-refractivity contribution is 6.06. The van der Waals surface area contributed by atoms with Crippen LogP contribution < -0.4 is 15.4 Å². The van der Waals surface area contributed by atoms with Crippen LogP contribution >= 0.6 is 0 Å². The van der Waals surface area contributed by atoms with Crippen molar-refractivity contribution in [1.29, 1.82) is 0 Å². The monoisotopic (exact) mass is 269 g/mol. The van der Waals surface area contributed by atoms with E-state index in [1.165, 1.54) is 0 Å². The molecule has 2 aromatic rings. The number of aromatic nitrogens is 1. The summed E-state index contributed by atoms with van der Waals surface area (Å²) in [6, 6.07) is 9.20. The summed E-state index contributed by atoms with van der Waals surface area (Å²) < 4.78 is 5.62. The Morgan fingerprint density at radius 3 is 3.05 bits per heavy atom. The Hall–Kier alpha value is -2.40. The Morgan fingerprint density at radius 2 is 2.30 bits per heavy atom. The smallest absolute Gasteiger partial charge is 0.260 e. The molecule has 1 amide bonds. The first kappa shape index (κ1) is 12.6. The molecule has 2 N–H and O–H groups in total. The van der Waals surface area contributed by atoms with E-state index in [1.54, 1.807) is 29.4 Å². The number of ether oxygens (including phenoxy) is 1. The quantitative estimate of drug-likeness (QED) is 0.898. The number of carbonyl (C=O) groups excluding carboxylic acids is 1. The number of amides is 1. The van der Waals surface area contributed by atoms with Gasteiger partial charge in [0.25, 0.3) is 5.91 Å². The molecule has 1 aliphatic heterocycles. The molecule has 5 nitrogen and oxygen atoms in total. The van der Waals surface area contributed by atoms with Gasteiger partial charge in [0.05, 0.1) is 17.8 Å². The second-order valence-electron chi connectivity index (χ2n) is 4.55. The molecule has 0 saturated heterocycles. The molecule has 0 radical (unpaired) electrons. The van der Waals surface area contributed by atoms with E-state index in [9.17, 15) is 4.79 Å². The lowest BCUT2D eigenvalue weighted by Gasteiger charge is -2.29. The minimum Gasteiger partial charge on any atom is -0.490 e. The molecule has 0 spiro atoms. The number of nitrogens with two attached hydrogens (primary N) is 1. The number of nitrogens with zero attached hydrogens (tertiary/aromatic N) is 2. The highest BCUT2D eigenvalue weighted by Gasteiger charge is 2.24. The van der Waals surface area contributed by atoms with Gasteiger partial charge in [-0.05, 0) is 29.8 Å². The van der Waals surface area contributed by atoms with Crippen molar-refractivity contribution in [2.24, 2.45) is 5.73 Å². The molecule has 5 heteroatoms. The number of rotatable bonds is 2. The van der Waals surface area contributed by atoms with Crippen LogP contribution in [0.15, 0.2) is 42.7 Å². The normalized spacial score (nSPS) is 13.6. The van der Waals surface area contributed by atoms with E-state index in [1.807, 2.05) is 18.2 Å². The summed E-state index contributed by atoms with van der Waals surface area (Å²) in [5.74, 6) is 0.639. The molecule has 0 unspecified atom stereocenters. The zero-order valence-corrected chi connectivity index (χ0v) is 11.0. The summed E-state index contributed by atoms with van der Waals surface area (Å²) >= 11 is 0. The third-order valence-corrected chi connectivity index (χ3v) is 3.28. The number of anilines is 1. The molecule has 3 rings (SSSR count). The Bertz CT molecular complexity index is 628. The third-order valence-electron chi connectivity index (χ3n) is 3.28. The van der Waals surface area contributed by atoms with Crippen LogP contribution in [0.5, 0.6) is 5.75 Å². The van der Waals surface area contributed by atoms with Crippen LogP contribution in [0.4, 0.5) is 5.69 Å². The van der Waals surface area contributed by atoms with E-state index in [4.69, 9.17) is 10.5 Å². The summed E-state index contributed by atoms with van der Waals surface area (Å²) in [4.78, 5) is 18.2. The summed E-state index contributed by atoms with van der Waals surface area (Å²) in [6.45, 7) is 1.46. The molecule has 1 aromatic heterocycles. The molecule has 0 fully saturated rings. The van der Waals surface area contributed by atoms with Gasteiger partial charge < -0.3 is 15.4 Å². The SMILES string of the molecule is NCc1ccc2c(c1)OCCN2C(=O)c1cccnc1. The van der Waals surface area contributed by atoms with Crippen LogP contribution in [-0.2, 0) is 6.54 Å². The fraction of sp³-hybridized carbons (Fsp3) is 0.200. The molecule has 2 heterocycles. The lowest BCUT2D eigenvalue weighted by atomic mass is 10.1. The fourth-order valence-corrected chi connectivity index (χ4v) is 2.25. The van der Waals surface area contributed by atoms with Gasteiger partial charge in [0.2, 0.25) is 0 Å². The van der Waals surface area contributed by atoms with Crippen molar-refractivity contribution in [1.82, 2.24) is 4.98 Å². The highest BCUT2D eigenvalue weighted by Crippen LogP contribution is 2.33. The molecule has 20 heavy (non-hydrogen) atoms. The first-order chi connectivity index (χ1) is 9.79. The van der Waals surface area contributed by atoms with Crippen molar-refractivity contribution in [2.75, 3.05) is 18.1 Å². The molecule has 0 atom stereocenters. The Balaban J connectivity index is 1.96. The number of fused-ring (bicyclic) bond motifs is 1. The highest BCUT2D eigenvalue weighted by atomic mass is 16.5. The second kappa shape index (κ2) is 5.30. The molecule has 1 aromatic carbocycles. The standard InChI is InChI=1S/C15H15N3O2/c16-9-11-3-4-13-14(8-11)20-7-6-18(13)15(19)12-2-1-5-17-10-12/h1-5,8,10H,6-7,9,16H2. The number of pyridine rings is 1. The molecule has 102 valence electrons. The maximum Gasteiger partial charge on any atom is 0.260 e. The van der Waals surface area contributed by atoms with Gasteiger partial charge in [-0.15, -0.1) is 0 Å². The Morgan fingerprint density at radius 1 is 1.40 bits per heavy atom. The number of carbonyl (C=O) groups is 1. The van der Waals surface area contributed by atoms with Gasteiger partial charge in [0.15, 0.2) is 0 Å². The number of benzene rings is 1. The van der Waals surface area contributed by atoms with Gasteiger partial charge in [0.1, 0.15) is 12.4 Å². The topological polar surface area (TPSA) is 68.5 Å².